The minimum Gasteiger partial charge on any atom is -0.345 e. The zero-order valence-corrected chi connectivity index (χ0v) is 8.51. The van der Waals surface area contributed by atoms with Gasteiger partial charge in [-0.1, -0.05) is 19.3 Å². The number of imidazole rings is 1. The smallest absolute Gasteiger partial charge is 0.161 e. The molecule has 1 saturated carbocycles. The minimum atomic E-state index is 0.560. The topological polar surface area (TPSA) is 52.5 Å². The zero-order chi connectivity index (χ0) is 9.97. The molecule has 3 nitrogen and oxygen atoms in total. The Morgan fingerprint density at radius 1 is 1.36 bits per heavy atom. The molecule has 0 saturated heterocycles. The number of hydrogen-bond acceptors (Lipinski definition) is 2. The molecule has 1 aliphatic rings. The van der Waals surface area contributed by atoms with Crippen molar-refractivity contribution in [2.75, 3.05) is 0 Å². The third kappa shape index (κ3) is 1.65. The number of nitriles is 1. The van der Waals surface area contributed by atoms with Crippen LogP contribution < -0.4 is 0 Å². The second kappa shape index (κ2) is 3.83. The highest BCUT2D eigenvalue weighted by Crippen LogP contribution is 2.31. The predicted molar refractivity (Wildman–Crippen MR) is 53.9 cm³/mol. The molecule has 14 heavy (non-hydrogen) atoms. The summed E-state index contributed by atoms with van der Waals surface area (Å²) in [6.07, 6.45) is 6.38. The molecule has 0 bridgehead atoms. The van der Waals surface area contributed by atoms with Crippen molar-refractivity contribution in [3.8, 4) is 6.07 Å². The first kappa shape index (κ1) is 9.26. The van der Waals surface area contributed by atoms with Gasteiger partial charge in [0.1, 0.15) is 11.9 Å². The lowest BCUT2D eigenvalue weighted by Gasteiger charge is -2.19. The van der Waals surface area contributed by atoms with Crippen molar-refractivity contribution in [2.24, 2.45) is 0 Å². The molecule has 1 aliphatic carbocycles. The van der Waals surface area contributed by atoms with Gasteiger partial charge in [0, 0.05) is 11.6 Å². The van der Waals surface area contributed by atoms with Gasteiger partial charge in [-0.15, -0.1) is 0 Å². The van der Waals surface area contributed by atoms with E-state index in [9.17, 15) is 0 Å². The third-order valence-corrected chi connectivity index (χ3v) is 3.00. The molecule has 1 N–H and O–H groups in total. The van der Waals surface area contributed by atoms with Crippen molar-refractivity contribution in [3.05, 3.63) is 17.2 Å². The maximum Gasteiger partial charge on any atom is 0.161 e. The van der Waals surface area contributed by atoms with Crippen molar-refractivity contribution < 1.29 is 0 Å². The Hall–Kier alpha value is -1.30. The molecule has 0 amide bonds. The second-order valence-electron chi connectivity index (χ2n) is 4.04. The fourth-order valence-corrected chi connectivity index (χ4v) is 2.16. The SMILES string of the molecule is Cc1[nH]c(C2CCCCC2)nc1C#N. The fourth-order valence-electron chi connectivity index (χ4n) is 2.16. The van der Waals surface area contributed by atoms with Gasteiger partial charge in [0.2, 0.25) is 0 Å². The average molecular weight is 189 g/mol. The van der Waals surface area contributed by atoms with E-state index in [0.717, 1.165) is 11.5 Å². The van der Waals surface area contributed by atoms with E-state index in [0.29, 0.717) is 11.6 Å². The average Bonchev–Trinajstić information content (AvgIpc) is 2.61. The van der Waals surface area contributed by atoms with Gasteiger partial charge >= 0.3 is 0 Å². The van der Waals surface area contributed by atoms with E-state index in [1.165, 1.54) is 32.1 Å². The molecule has 2 rings (SSSR count). The second-order valence-corrected chi connectivity index (χ2v) is 4.04. The van der Waals surface area contributed by atoms with E-state index in [1.807, 2.05) is 6.92 Å². The molecule has 74 valence electrons. The van der Waals surface area contributed by atoms with E-state index in [2.05, 4.69) is 16.0 Å². The Balaban J connectivity index is 2.19. The Labute approximate surface area is 84.2 Å². The molecule has 0 unspecified atom stereocenters. The van der Waals surface area contributed by atoms with Crippen LogP contribution in [0.25, 0.3) is 0 Å². The molecule has 1 aromatic rings. The van der Waals surface area contributed by atoms with Crippen molar-refractivity contribution in [1.29, 1.82) is 5.26 Å². The number of aromatic amines is 1. The highest BCUT2D eigenvalue weighted by Gasteiger charge is 2.19. The summed E-state index contributed by atoms with van der Waals surface area (Å²) in [6, 6.07) is 2.11. The van der Waals surface area contributed by atoms with Gasteiger partial charge < -0.3 is 4.98 Å². The highest BCUT2D eigenvalue weighted by molar-refractivity contribution is 5.27. The largest absolute Gasteiger partial charge is 0.345 e. The van der Waals surface area contributed by atoms with Crippen molar-refractivity contribution in [2.45, 2.75) is 44.9 Å². The maximum atomic E-state index is 8.80. The number of rotatable bonds is 1. The quantitative estimate of drug-likeness (QED) is 0.738. The standard InChI is InChI=1S/C11H15N3/c1-8-10(7-12)14-11(13-8)9-5-3-2-4-6-9/h9H,2-6H2,1H3,(H,13,14). The normalized spacial score (nSPS) is 18.0. The predicted octanol–water partition coefficient (Wildman–Crippen LogP) is 2.64. The molecule has 0 aromatic carbocycles. The number of nitrogens with one attached hydrogen (secondary N) is 1. The van der Waals surface area contributed by atoms with E-state index in [4.69, 9.17) is 5.26 Å². The molecule has 3 heteroatoms. The summed E-state index contributed by atoms with van der Waals surface area (Å²) in [5.74, 6) is 1.59. The molecule has 0 atom stereocenters. The first-order valence-electron chi connectivity index (χ1n) is 5.28. The van der Waals surface area contributed by atoms with Gasteiger partial charge in [-0.2, -0.15) is 5.26 Å². The summed E-state index contributed by atoms with van der Waals surface area (Å²) in [5, 5.41) is 8.80. The number of aryl methyl sites for hydroxylation is 1. The van der Waals surface area contributed by atoms with Gasteiger partial charge in [-0.25, -0.2) is 4.98 Å². The van der Waals surface area contributed by atoms with Crippen molar-refractivity contribution in [1.82, 2.24) is 9.97 Å². The number of hydrogen-bond donors (Lipinski definition) is 1. The maximum absolute atomic E-state index is 8.80. The summed E-state index contributed by atoms with van der Waals surface area (Å²) in [6.45, 7) is 1.91. The van der Waals surface area contributed by atoms with Gasteiger partial charge in [0.15, 0.2) is 5.69 Å². The number of aromatic nitrogens is 2. The fraction of sp³-hybridized carbons (Fsp3) is 0.636. The van der Waals surface area contributed by atoms with Crippen LogP contribution in [0.4, 0.5) is 0 Å². The Kier molecular flexibility index (Phi) is 2.53. The molecule has 1 heterocycles. The van der Waals surface area contributed by atoms with E-state index in [1.54, 1.807) is 0 Å². The molecule has 1 fully saturated rings. The van der Waals surface area contributed by atoms with Crippen LogP contribution in [0.1, 0.15) is 55.2 Å². The molecule has 1 aromatic heterocycles. The van der Waals surface area contributed by atoms with Gasteiger partial charge in [0.25, 0.3) is 0 Å². The summed E-state index contributed by atoms with van der Waals surface area (Å²) in [7, 11) is 0. The number of nitrogens with zero attached hydrogens (tertiary/aromatic N) is 2. The van der Waals surface area contributed by atoms with Crippen LogP contribution in [-0.2, 0) is 0 Å². The third-order valence-electron chi connectivity index (χ3n) is 3.00. The van der Waals surface area contributed by atoms with E-state index >= 15 is 0 Å². The molecular weight excluding hydrogens is 174 g/mol. The van der Waals surface area contributed by atoms with Crippen LogP contribution in [0.3, 0.4) is 0 Å². The first-order valence-corrected chi connectivity index (χ1v) is 5.28. The lowest BCUT2D eigenvalue weighted by atomic mass is 9.89. The molecule has 0 spiro atoms. The lowest BCUT2D eigenvalue weighted by Crippen LogP contribution is -2.06. The van der Waals surface area contributed by atoms with Gasteiger partial charge in [-0.3, -0.25) is 0 Å². The van der Waals surface area contributed by atoms with Crippen molar-refractivity contribution in [3.63, 3.8) is 0 Å². The van der Waals surface area contributed by atoms with Crippen molar-refractivity contribution >= 4 is 0 Å². The van der Waals surface area contributed by atoms with Gasteiger partial charge in [-0.05, 0) is 19.8 Å². The zero-order valence-electron chi connectivity index (χ0n) is 8.51. The minimum absolute atomic E-state index is 0.560. The van der Waals surface area contributed by atoms with Gasteiger partial charge in [0.05, 0.1) is 0 Å². The Bertz CT molecular complexity index is 353. The number of H-pyrrole nitrogens is 1. The summed E-state index contributed by atoms with van der Waals surface area (Å²) in [5.41, 5.74) is 1.47. The van der Waals surface area contributed by atoms with Crippen LogP contribution in [-0.4, -0.2) is 9.97 Å². The Morgan fingerprint density at radius 3 is 2.64 bits per heavy atom. The van der Waals surface area contributed by atoms with Crippen LogP contribution in [0.5, 0.6) is 0 Å². The highest BCUT2D eigenvalue weighted by atomic mass is 14.9. The van der Waals surface area contributed by atoms with Crippen LogP contribution in [0, 0.1) is 18.3 Å². The van der Waals surface area contributed by atoms with E-state index < -0.39 is 0 Å². The van der Waals surface area contributed by atoms with E-state index in [-0.39, 0.29) is 0 Å². The first-order chi connectivity index (χ1) is 6.81. The monoisotopic (exact) mass is 189 g/mol. The van der Waals surface area contributed by atoms with Crippen LogP contribution in [0.2, 0.25) is 0 Å². The molecule has 0 radical (unpaired) electrons. The summed E-state index contributed by atoms with van der Waals surface area (Å²) in [4.78, 5) is 7.57. The molecular formula is C11H15N3. The summed E-state index contributed by atoms with van der Waals surface area (Å²) >= 11 is 0. The van der Waals surface area contributed by atoms with Crippen LogP contribution >= 0.6 is 0 Å². The Morgan fingerprint density at radius 2 is 2.07 bits per heavy atom. The molecule has 0 aliphatic heterocycles. The lowest BCUT2D eigenvalue weighted by molar-refractivity contribution is 0.430. The summed E-state index contributed by atoms with van der Waals surface area (Å²) < 4.78 is 0. The van der Waals surface area contributed by atoms with Crippen LogP contribution in [0.15, 0.2) is 0 Å².